The molecule has 0 heterocycles. The SMILES string of the molecule is COc1cc(-c2cccc(C(=O)CCCc3ccccc3)c2)cc(C=O)c1O. The number of carbonyl (C=O) groups excluding carboxylic acids is 2. The summed E-state index contributed by atoms with van der Waals surface area (Å²) in [5.41, 5.74) is 3.49. The van der Waals surface area contributed by atoms with Crippen molar-refractivity contribution in [3.05, 3.63) is 83.4 Å². The third-order valence-electron chi connectivity index (χ3n) is 4.68. The number of aldehydes is 1. The number of Topliss-reactive ketones (excluding diaryl/α,β-unsaturated/α-hetero) is 1. The molecule has 0 aliphatic rings. The predicted molar refractivity (Wildman–Crippen MR) is 109 cm³/mol. The maximum Gasteiger partial charge on any atom is 0.168 e. The number of hydrogen-bond acceptors (Lipinski definition) is 4. The van der Waals surface area contributed by atoms with Gasteiger partial charge in [-0.25, -0.2) is 0 Å². The smallest absolute Gasteiger partial charge is 0.168 e. The van der Waals surface area contributed by atoms with E-state index in [1.807, 2.05) is 36.4 Å². The average molecular weight is 374 g/mol. The molecule has 1 N–H and O–H groups in total. The lowest BCUT2D eigenvalue weighted by Crippen LogP contribution is -2.00. The fourth-order valence-electron chi connectivity index (χ4n) is 3.16. The van der Waals surface area contributed by atoms with E-state index < -0.39 is 0 Å². The first-order valence-corrected chi connectivity index (χ1v) is 9.16. The number of phenolic OH excluding ortho intramolecular Hbond substituents is 1. The third kappa shape index (κ3) is 4.46. The van der Waals surface area contributed by atoms with Crippen molar-refractivity contribution in [2.75, 3.05) is 7.11 Å². The standard InChI is InChI=1S/C24H22O4/c1-28-23-15-20(14-21(16-25)24(23)27)18-10-6-11-19(13-18)22(26)12-5-9-17-7-3-2-4-8-17/h2-4,6-8,10-11,13-16,27H,5,9,12H2,1H3. The van der Waals surface area contributed by atoms with Crippen molar-refractivity contribution in [3.63, 3.8) is 0 Å². The van der Waals surface area contributed by atoms with Crippen LogP contribution in [0.2, 0.25) is 0 Å². The Hall–Kier alpha value is -3.40. The van der Waals surface area contributed by atoms with Gasteiger partial charge in [-0.1, -0.05) is 48.5 Å². The van der Waals surface area contributed by atoms with Crippen LogP contribution in [0.15, 0.2) is 66.7 Å². The van der Waals surface area contributed by atoms with Crippen molar-refractivity contribution in [1.29, 1.82) is 0 Å². The summed E-state index contributed by atoms with van der Waals surface area (Å²) in [4.78, 5) is 23.8. The fraction of sp³-hybridized carbons (Fsp3) is 0.167. The molecule has 3 aromatic carbocycles. The van der Waals surface area contributed by atoms with Crippen LogP contribution in [0, 0.1) is 0 Å². The van der Waals surface area contributed by atoms with E-state index in [4.69, 9.17) is 4.74 Å². The van der Waals surface area contributed by atoms with Crippen LogP contribution >= 0.6 is 0 Å². The lowest BCUT2D eigenvalue weighted by molar-refractivity contribution is 0.0980. The van der Waals surface area contributed by atoms with Gasteiger partial charge in [0.25, 0.3) is 0 Å². The lowest BCUT2D eigenvalue weighted by Gasteiger charge is -2.10. The van der Waals surface area contributed by atoms with E-state index in [1.54, 1.807) is 18.2 Å². The Morgan fingerprint density at radius 1 is 1.00 bits per heavy atom. The number of methoxy groups -OCH3 is 1. The molecule has 0 saturated heterocycles. The van der Waals surface area contributed by atoms with E-state index in [0.717, 1.165) is 18.4 Å². The quantitative estimate of drug-likeness (QED) is 0.441. The van der Waals surface area contributed by atoms with Crippen LogP contribution in [0.3, 0.4) is 0 Å². The van der Waals surface area contributed by atoms with Gasteiger partial charge in [0.05, 0.1) is 12.7 Å². The topological polar surface area (TPSA) is 63.6 Å². The highest BCUT2D eigenvalue weighted by atomic mass is 16.5. The molecule has 4 heteroatoms. The second-order valence-corrected chi connectivity index (χ2v) is 6.58. The van der Waals surface area contributed by atoms with Crippen molar-refractivity contribution >= 4 is 12.1 Å². The van der Waals surface area contributed by atoms with Crippen molar-refractivity contribution in [2.45, 2.75) is 19.3 Å². The monoisotopic (exact) mass is 374 g/mol. The van der Waals surface area contributed by atoms with E-state index in [-0.39, 0.29) is 22.8 Å². The normalized spacial score (nSPS) is 10.5. The number of ether oxygens (including phenoxy) is 1. The summed E-state index contributed by atoms with van der Waals surface area (Å²) < 4.78 is 5.15. The molecule has 0 bridgehead atoms. The fourth-order valence-corrected chi connectivity index (χ4v) is 3.16. The Kier molecular flexibility index (Phi) is 6.22. The van der Waals surface area contributed by atoms with E-state index in [9.17, 15) is 14.7 Å². The number of benzene rings is 3. The number of rotatable bonds is 8. The number of aryl methyl sites for hydroxylation is 1. The average Bonchev–Trinajstić information content (AvgIpc) is 2.74. The number of aromatic hydroxyl groups is 1. The van der Waals surface area contributed by atoms with E-state index in [1.165, 1.54) is 12.7 Å². The van der Waals surface area contributed by atoms with Gasteiger partial charge in [-0.2, -0.15) is 0 Å². The van der Waals surface area contributed by atoms with Crippen LogP contribution in [0.1, 0.15) is 39.1 Å². The molecule has 0 saturated carbocycles. The Bertz CT molecular complexity index is 977. The van der Waals surface area contributed by atoms with Crippen LogP contribution in [0.4, 0.5) is 0 Å². The second-order valence-electron chi connectivity index (χ2n) is 6.58. The van der Waals surface area contributed by atoms with Gasteiger partial charge in [-0.3, -0.25) is 9.59 Å². The van der Waals surface area contributed by atoms with Crippen molar-refractivity contribution in [3.8, 4) is 22.6 Å². The summed E-state index contributed by atoms with van der Waals surface area (Å²) in [7, 11) is 1.43. The highest BCUT2D eigenvalue weighted by Crippen LogP contribution is 2.35. The highest BCUT2D eigenvalue weighted by molar-refractivity contribution is 5.97. The van der Waals surface area contributed by atoms with Gasteiger partial charge in [0.1, 0.15) is 0 Å². The van der Waals surface area contributed by atoms with Gasteiger partial charge < -0.3 is 9.84 Å². The molecule has 0 amide bonds. The molecule has 3 aromatic rings. The molecule has 0 aromatic heterocycles. The Labute approximate surface area is 164 Å². The maximum absolute atomic E-state index is 12.6. The predicted octanol–water partition coefficient (Wildman–Crippen LogP) is 5.09. The first-order chi connectivity index (χ1) is 13.6. The van der Waals surface area contributed by atoms with Crippen LogP contribution < -0.4 is 4.74 Å². The largest absolute Gasteiger partial charge is 0.504 e. The zero-order valence-electron chi connectivity index (χ0n) is 15.7. The first kappa shape index (κ1) is 19.4. The molecule has 28 heavy (non-hydrogen) atoms. The summed E-state index contributed by atoms with van der Waals surface area (Å²) >= 11 is 0. The molecule has 4 nitrogen and oxygen atoms in total. The molecule has 0 spiro atoms. The van der Waals surface area contributed by atoms with Crippen LogP contribution in [0.25, 0.3) is 11.1 Å². The molecule has 0 aliphatic heterocycles. The highest BCUT2D eigenvalue weighted by Gasteiger charge is 2.13. The lowest BCUT2D eigenvalue weighted by atomic mass is 9.97. The number of phenols is 1. The van der Waals surface area contributed by atoms with Gasteiger partial charge in [-0.05, 0) is 47.7 Å². The molecule has 0 atom stereocenters. The molecule has 0 aliphatic carbocycles. The Morgan fingerprint density at radius 3 is 2.50 bits per heavy atom. The third-order valence-corrected chi connectivity index (χ3v) is 4.68. The number of carbonyl (C=O) groups is 2. The second kappa shape index (κ2) is 9.00. The summed E-state index contributed by atoms with van der Waals surface area (Å²) in [6.45, 7) is 0. The summed E-state index contributed by atoms with van der Waals surface area (Å²) in [6.07, 6.45) is 2.70. The molecular weight excluding hydrogens is 352 g/mol. The zero-order chi connectivity index (χ0) is 19.9. The molecule has 0 unspecified atom stereocenters. The van der Waals surface area contributed by atoms with E-state index >= 15 is 0 Å². The van der Waals surface area contributed by atoms with Crippen molar-refractivity contribution in [2.24, 2.45) is 0 Å². The van der Waals surface area contributed by atoms with E-state index in [0.29, 0.717) is 23.8 Å². The molecule has 0 radical (unpaired) electrons. The first-order valence-electron chi connectivity index (χ1n) is 9.16. The zero-order valence-corrected chi connectivity index (χ0v) is 15.7. The van der Waals surface area contributed by atoms with E-state index in [2.05, 4.69) is 12.1 Å². The van der Waals surface area contributed by atoms with Crippen LogP contribution in [0.5, 0.6) is 11.5 Å². The summed E-state index contributed by atoms with van der Waals surface area (Å²) in [6, 6.07) is 20.6. The minimum atomic E-state index is -0.186. The molecule has 142 valence electrons. The van der Waals surface area contributed by atoms with Gasteiger partial charge in [0.2, 0.25) is 0 Å². The molecular formula is C24H22O4. The minimum absolute atomic E-state index is 0.0825. The van der Waals surface area contributed by atoms with Gasteiger partial charge in [0, 0.05) is 12.0 Å². The van der Waals surface area contributed by atoms with Crippen LogP contribution in [-0.2, 0) is 6.42 Å². The maximum atomic E-state index is 12.6. The van der Waals surface area contributed by atoms with Gasteiger partial charge >= 0.3 is 0 Å². The molecule has 3 rings (SSSR count). The van der Waals surface area contributed by atoms with Crippen molar-refractivity contribution in [1.82, 2.24) is 0 Å². The van der Waals surface area contributed by atoms with Gasteiger partial charge in [0.15, 0.2) is 23.6 Å². The van der Waals surface area contributed by atoms with Gasteiger partial charge in [-0.15, -0.1) is 0 Å². The summed E-state index contributed by atoms with van der Waals surface area (Å²) in [5, 5.41) is 9.98. The summed E-state index contributed by atoms with van der Waals surface area (Å²) in [5.74, 6) is 0.118. The molecule has 0 fully saturated rings. The number of hydrogen-bond donors (Lipinski definition) is 1. The number of ketones is 1. The van der Waals surface area contributed by atoms with Crippen LogP contribution in [-0.4, -0.2) is 24.3 Å². The Balaban J connectivity index is 1.76. The minimum Gasteiger partial charge on any atom is -0.504 e. The Morgan fingerprint density at radius 2 is 1.79 bits per heavy atom. The van der Waals surface area contributed by atoms with Crippen molar-refractivity contribution < 1.29 is 19.4 Å².